The molecule has 0 radical (unpaired) electrons. The van der Waals surface area contributed by atoms with Crippen molar-refractivity contribution in [2.24, 2.45) is 5.92 Å². The van der Waals surface area contributed by atoms with E-state index < -0.39 is 0 Å². The summed E-state index contributed by atoms with van der Waals surface area (Å²) in [4.78, 5) is 18.7. The van der Waals surface area contributed by atoms with Gasteiger partial charge in [0.25, 0.3) is 0 Å². The largest absolute Gasteiger partial charge is 0.330 e. The van der Waals surface area contributed by atoms with Crippen molar-refractivity contribution in [2.75, 3.05) is 11.4 Å². The van der Waals surface area contributed by atoms with E-state index in [-0.39, 0.29) is 11.8 Å². The zero-order valence-electron chi connectivity index (χ0n) is 12.9. The number of amides is 1. The summed E-state index contributed by atoms with van der Waals surface area (Å²) >= 11 is 0. The van der Waals surface area contributed by atoms with Crippen LogP contribution >= 0.6 is 0 Å². The molecular weight excluding hydrogens is 266 g/mol. The summed E-state index contributed by atoms with van der Waals surface area (Å²) in [5.41, 5.74) is 0. The molecule has 0 spiro atoms. The van der Waals surface area contributed by atoms with E-state index in [1.54, 1.807) is 4.90 Å². The van der Waals surface area contributed by atoms with E-state index in [1.807, 2.05) is 0 Å². The van der Waals surface area contributed by atoms with Gasteiger partial charge in [0.1, 0.15) is 0 Å². The van der Waals surface area contributed by atoms with Gasteiger partial charge in [-0.25, -0.2) is 0 Å². The van der Waals surface area contributed by atoms with Crippen LogP contribution in [-0.4, -0.2) is 22.6 Å². The van der Waals surface area contributed by atoms with Crippen molar-refractivity contribution >= 4 is 11.9 Å². The van der Waals surface area contributed by atoms with Crippen LogP contribution in [0, 0.1) is 5.92 Å². The van der Waals surface area contributed by atoms with Crippen LogP contribution in [0.4, 0.5) is 6.01 Å². The van der Waals surface area contributed by atoms with Gasteiger partial charge in [0.15, 0.2) is 5.82 Å². The van der Waals surface area contributed by atoms with Crippen LogP contribution in [0.5, 0.6) is 0 Å². The first-order valence-corrected chi connectivity index (χ1v) is 8.44. The molecule has 0 aliphatic heterocycles. The summed E-state index contributed by atoms with van der Waals surface area (Å²) in [7, 11) is 0. The van der Waals surface area contributed by atoms with E-state index in [1.165, 1.54) is 19.3 Å². The Bertz CT molecular complexity index is 476. The molecule has 1 aromatic rings. The number of carbonyl (C=O) groups excluding carboxylic acids is 1. The minimum atomic E-state index is 0.169. The first-order chi connectivity index (χ1) is 10.3. The number of carbonyl (C=O) groups is 1. The van der Waals surface area contributed by atoms with E-state index in [2.05, 4.69) is 17.1 Å². The minimum Gasteiger partial charge on any atom is -0.315 e. The fourth-order valence-electron chi connectivity index (χ4n) is 3.03. The van der Waals surface area contributed by atoms with Crippen molar-refractivity contribution in [3.8, 4) is 0 Å². The van der Waals surface area contributed by atoms with Crippen molar-refractivity contribution in [2.45, 2.75) is 70.6 Å². The Labute approximate surface area is 126 Å². The van der Waals surface area contributed by atoms with Gasteiger partial charge in [0.2, 0.25) is 5.91 Å². The van der Waals surface area contributed by atoms with Gasteiger partial charge in [0, 0.05) is 18.4 Å². The Morgan fingerprint density at radius 1 is 1.24 bits per heavy atom. The van der Waals surface area contributed by atoms with E-state index in [4.69, 9.17) is 4.52 Å². The summed E-state index contributed by atoms with van der Waals surface area (Å²) in [5, 5.41) is 4.15. The van der Waals surface area contributed by atoms with E-state index in [0.717, 1.165) is 44.3 Å². The lowest BCUT2D eigenvalue weighted by Gasteiger charge is -2.18. The molecule has 2 fully saturated rings. The topological polar surface area (TPSA) is 59.2 Å². The predicted molar refractivity (Wildman–Crippen MR) is 80.1 cm³/mol. The Hall–Kier alpha value is -1.39. The molecule has 0 unspecified atom stereocenters. The molecule has 0 N–H and O–H groups in total. The molecule has 21 heavy (non-hydrogen) atoms. The molecule has 1 amide bonds. The Morgan fingerprint density at radius 3 is 2.67 bits per heavy atom. The highest BCUT2D eigenvalue weighted by Gasteiger charge is 2.36. The summed E-state index contributed by atoms with van der Waals surface area (Å²) in [6.07, 6.45) is 10.1. The lowest BCUT2D eigenvalue weighted by molar-refractivity contribution is -0.120. The zero-order chi connectivity index (χ0) is 14.7. The predicted octanol–water partition coefficient (Wildman–Crippen LogP) is 3.66. The number of hydrogen-bond acceptors (Lipinski definition) is 4. The van der Waals surface area contributed by atoms with Crippen molar-refractivity contribution < 1.29 is 9.32 Å². The number of rotatable bonds is 6. The first-order valence-electron chi connectivity index (χ1n) is 8.44. The Kier molecular flexibility index (Phi) is 4.56. The standard InChI is InChI=1S/C16H25N3O2/c1-2-3-11-19(15(20)13-9-10-13)16-17-14(18-21-16)12-7-5-4-6-8-12/h12-13H,2-11H2,1H3. The highest BCUT2D eigenvalue weighted by Crippen LogP contribution is 2.34. The Morgan fingerprint density at radius 2 is 2.00 bits per heavy atom. The lowest BCUT2D eigenvalue weighted by Crippen LogP contribution is -2.33. The fraction of sp³-hybridized carbons (Fsp3) is 0.812. The third-order valence-corrected chi connectivity index (χ3v) is 4.56. The third kappa shape index (κ3) is 3.44. The summed E-state index contributed by atoms with van der Waals surface area (Å²) < 4.78 is 5.42. The van der Waals surface area contributed by atoms with Gasteiger partial charge in [-0.05, 0) is 32.1 Å². The van der Waals surface area contributed by atoms with Gasteiger partial charge >= 0.3 is 6.01 Å². The maximum absolute atomic E-state index is 12.4. The molecule has 116 valence electrons. The molecule has 0 saturated heterocycles. The quantitative estimate of drug-likeness (QED) is 0.802. The second-order valence-electron chi connectivity index (χ2n) is 6.39. The maximum atomic E-state index is 12.4. The van der Waals surface area contributed by atoms with E-state index >= 15 is 0 Å². The van der Waals surface area contributed by atoms with Crippen LogP contribution in [0.25, 0.3) is 0 Å². The molecular formula is C16H25N3O2. The maximum Gasteiger partial charge on any atom is 0.330 e. The van der Waals surface area contributed by atoms with Crippen molar-refractivity contribution in [3.63, 3.8) is 0 Å². The SMILES string of the molecule is CCCCN(C(=O)C1CC1)c1nc(C2CCCCC2)no1. The van der Waals surface area contributed by atoms with Crippen LogP contribution in [-0.2, 0) is 4.79 Å². The molecule has 0 atom stereocenters. The summed E-state index contributed by atoms with van der Waals surface area (Å²) in [6.45, 7) is 2.82. The van der Waals surface area contributed by atoms with Gasteiger partial charge in [0.05, 0.1) is 0 Å². The van der Waals surface area contributed by atoms with Crippen molar-refractivity contribution in [3.05, 3.63) is 5.82 Å². The molecule has 2 aliphatic carbocycles. The average Bonchev–Trinajstić information content (AvgIpc) is 3.27. The Balaban J connectivity index is 1.72. The smallest absolute Gasteiger partial charge is 0.315 e. The monoisotopic (exact) mass is 291 g/mol. The molecule has 2 aliphatic rings. The normalized spacial score (nSPS) is 19.7. The molecule has 3 rings (SSSR count). The minimum absolute atomic E-state index is 0.169. The zero-order valence-corrected chi connectivity index (χ0v) is 12.9. The molecule has 1 heterocycles. The van der Waals surface area contributed by atoms with Gasteiger partial charge in [-0.1, -0.05) is 37.8 Å². The fourth-order valence-corrected chi connectivity index (χ4v) is 3.03. The summed E-state index contributed by atoms with van der Waals surface area (Å²) in [6, 6.07) is 0.418. The molecule has 2 saturated carbocycles. The van der Waals surface area contributed by atoms with Crippen LogP contribution in [0.2, 0.25) is 0 Å². The molecule has 5 nitrogen and oxygen atoms in total. The van der Waals surface area contributed by atoms with Crippen LogP contribution < -0.4 is 4.90 Å². The number of anilines is 1. The molecule has 1 aromatic heterocycles. The van der Waals surface area contributed by atoms with Crippen LogP contribution in [0.15, 0.2) is 4.52 Å². The number of aromatic nitrogens is 2. The van der Waals surface area contributed by atoms with E-state index in [0.29, 0.717) is 18.5 Å². The summed E-state index contributed by atoms with van der Waals surface area (Å²) in [5.74, 6) is 1.57. The second-order valence-corrected chi connectivity index (χ2v) is 6.39. The van der Waals surface area contributed by atoms with Crippen LogP contribution in [0.3, 0.4) is 0 Å². The van der Waals surface area contributed by atoms with Gasteiger partial charge in [-0.15, -0.1) is 0 Å². The van der Waals surface area contributed by atoms with Crippen molar-refractivity contribution in [1.29, 1.82) is 0 Å². The van der Waals surface area contributed by atoms with Gasteiger partial charge in [-0.3, -0.25) is 9.69 Å². The van der Waals surface area contributed by atoms with Gasteiger partial charge in [-0.2, -0.15) is 4.98 Å². The number of unbranched alkanes of at least 4 members (excludes halogenated alkanes) is 1. The third-order valence-electron chi connectivity index (χ3n) is 4.56. The van der Waals surface area contributed by atoms with Gasteiger partial charge < -0.3 is 4.52 Å². The van der Waals surface area contributed by atoms with Crippen LogP contribution in [0.1, 0.15) is 76.5 Å². The average molecular weight is 291 g/mol. The van der Waals surface area contributed by atoms with Crippen molar-refractivity contribution in [1.82, 2.24) is 10.1 Å². The van der Waals surface area contributed by atoms with E-state index in [9.17, 15) is 4.79 Å². The highest BCUT2D eigenvalue weighted by atomic mass is 16.5. The molecule has 0 aromatic carbocycles. The first kappa shape index (κ1) is 14.5. The number of hydrogen-bond donors (Lipinski definition) is 0. The molecule has 5 heteroatoms. The lowest BCUT2D eigenvalue weighted by atomic mass is 9.89. The highest BCUT2D eigenvalue weighted by molar-refractivity contribution is 5.94. The molecule has 0 bridgehead atoms. The second kappa shape index (κ2) is 6.58. The number of nitrogens with zero attached hydrogens (tertiary/aromatic N) is 3.